The van der Waals surface area contributed by atoms with Gasteiger partial charge < -0.3 is 0 Å². The average molecular weight is 238 g/mol. The number of carbonyl (C=O) groups is 1. The monoisotopic (exact) mass is 238 g/mol. The van der Waals surface area contributed by atoms with Crippen LogP contribution in [0.5, 0.6) is 0 Å². The quantitative estimate of drug-likeness (QED) is 0.647. The second-order valence-electron chi connectivity index (χ2n) is 6.14. The Balaban J connectivity index is 2.55. The maximum atomic E-state index is 12.0. The third-order valence-corrected chi connectivity index (χ3v) is 4.71. The normalized spacial score (nSPS) is 29.1. The van der Waals surface area contributed by atoms with E-state index in [1.807, 2.05) is 0 Å². The average Bonchev–Trinajstić information content (AvgIpc) is 2.30. The minimum Gasteiger partial charge on any atom is -0.299 e. The highest BCUT2D eigenvalue weighted by Gasteiger charge is 2.33. The van der Waals surface area contributed by atoms with E-state index in [-0.39, 0.29) is 0 Å². The van der Waals surface area contributed by atoms with Gasteiger partial charge in [-0.05, 0) is 30.6 Å². The Morgan fingerprint density at radius 3 is 2.29 bits per heavy atom. The lowest BCUT2D eigenvalue weighted by atomic mass is 9.69. The summed E-state index contributed by atoms with van der Waals surface area (Å²) in [6, 6.07) is 0. The molecule has 1 fully saturated rings. The predicted octanol–water partition coefficient (Wildman–Crippen LogP) is 4.84. The van der Waals surface area contributed by atoms with Crippen LogP contribution in [0.4, 0.5) is 0 Å². The van der Waals surface area contributed by atoms with E-state index in [0.29, 0.717) is 17.6 Å². The molecule has 0 amide bonds. The van der Waals surface area contributed by atoms with Crippen molar-refractivity contribution in [3.8, 4) is 0 Å². The van der Waals surface area contributed by atoms with Crippen molar-refractivity contribution in [3.63, 3.8) is 0 Å². The Morgan fingerprint density at radius 1 is 1.12 bits per heavy atom. The predicted molar refractivity (Wildman–Crippen MR) is 74.0 cm³/mol. The Labute approximate surface area is 107 Å². The lowest BCUT2D eigenvalue weighted by Crippen LogP contribution is -2.32. The molecule has 1 heteroatoms. The van der Waals surface area contributed by atoms with Crippen molar-refractivity contribution in [2.24, 2.45) is 23.7 Å². The Hall–Kier alpha value is -0.330. The van der Waals surface area contributed by atoms with Crippen LogP contribution in [-0.2, 0) is 4.79 Å². The zero-order valence-corrected chi connectivity index (χ0v) is 12.2. The van der Waals surface area contributed by atoms with Crippen molar-refractivity contribution in [1.82, 2.24) is 0 Å². The summed E-state index contributed by atoms with van der Waals surface area (Å²) >= 11 is 0. The van der Waals surface area contributed by atoms with Crippen LogP contribution >= 0.6 is 0 Å². The smallest absolute Gasteiger partial charge is 0.136 e. The van der Waals surface area contributed by atoms with Gasteiger partial charge >= 0.3 is 0 Å². The lowest BCUT2D eigenvalue weighted by Gasteiger charge is -2.35. The molecule has 0 unspecified atom stereocenters. The molecular weight excluding hydrogens is 208 g/mol. The highest BCUT2D eigenvalue weighted by Crippen LogP contribution is 2.37. The van der Waals surface area contributed by atoms with Crippen molar-refractivity contribution >= 4 is 5.78 Å². The molecule has 0 saturated heterocycles. The highest BCUT2D eigenvalue weighted by molar-refractivity contribution is 5.82. The van der Waals surface area contributed by atoms with Crippen LogP contribution in [0.25, 0.3) is 0 Å². The van der Waals surface area contributed by atoms with Gasteiger partial charge in [0.05, 0.1) is 0 Å². The molecule has 1 rings (SSSR count). The molecular formula is C16H30O. The minimum atomic E-state index is 0.369. The first-order chi connectivity index (χ1) is 8.10. The molecule has 1 aliphatic rings. The van der Waals surface area contributed by atoms with Crippen LogP contribution < -0.4 is 0 Å². The number of carbonyl (C=O) groups excluding carboxylic acids is 1. The van der Waals surface area contributed by atoms with Crippen LogP contribution in [0.1, 0.15) is 72.6 Å². The van der Waals surface area contributed by atoms with Crippen LogP contribution in [0, 0.1) is 23.7 Å². The molecule has 100 valence electrons. The molecule has 0 aromatic carbocycles. The Kier molecular flexibility index (Phi) is 6.22. The van der Waals surface area contributed by atoms with Crippen LogP contribution in [0.2, 0.25) is 0 Å². The van der Waals surface area contributed by atoms with Gasteiger partial charge in [0.15, 0.2) is 0 Å². The molecule has 4 atom stereocenters. The van der Waals surface area contributed by atoms with Crippen molar-refractivity contribution < 1.29 is 4.79 Å². The SMILES string of the molecule is CCC[C@H](C)[C@H]1CCC(=O)[C@H]([C@@H](C)CCC)C1. The van der Waals surface area contributed by atoms with Crippen molar-refractivity contribution in [2.45, 2.75) is 72.6 Å². The Morgan fingerprint density at radius 2 is 1.71 bits per heavy atom. The Bertz CT molecular complexity index is 234. The zero-order valence-electron chi connectivity index (χ0n) is 12.2. The van der Waals surface area contributed by atoms with Gasteiger partial charge in [-0.3, -0.25) is 4.79 Å². The van der Waals surface area contributed by atoms with Gasteiger partial charge in [-0.15, -0.1) is 0 Å². The first kappa shape index (κ1) is 14.7. The molecule has 1 aliphatic carbocycles. The van der Waals surface area contributed by atoms with E-state index >= 15 is 0 Å². The highest BCUT2D eigenvalue weighted by atomic mass is 16.1. The summed E-state index contributed by atoms with van der Waals surface area (Å²) in [5.41, 5.74) is 0. The molecule has 0 aliphatic heterocycles. The summed E-state index contributed by atoms with van der Waals surface area (Å²) in [6.07, 6.45) is 8.19. The van der Waals surface area contributed by atoms with E-state index in [0.717, 1.165) is 24.7 Å². The molecule has 0 spiro atoms. The third kappa shape index (κ3) is 4.12. The largest absolute Gasteiger partial charge is 0.299 e. The second kappa shape index (κ2) is 7.18. The van der Waals surface area contributed by atoms with Gasteiger partial charge in [0.1, 0.15) is 5.78 Å². The minimum absolute atomic E-state index is 0.369. The topological polar surface area (TPSA) is 17.1 Å². The summed E-state index contributed by atoms with van der Waals surface area (Å²) < 4.78 is 0. The third-order valence-electron chi connectivity index (χ3n) is 4.71. The molecule has 0 N–H and O–H groups in total. The summed E-state index contributed by atoms with van der Waals surface area (Å²) in [7, 11) is 0. The molecule has 1 saturated carbocycles. The fourth-order valence-electron chi connectivity index (χ4n) is 3.50. The van der Waals surface area contributed by atoms with E-state index < -0.39 is 0 Å². The molecule has 1 nitrogen and oxygen atoms in total. The van der Waals surface area contributed by atoms with Crippen LogP contribution in [-0.4, -0.2) is 5.78 Å². The van der Waals surface area contributed by atoms with Gasteiger partial charge in [0, 0.05) is 12.3 Å². The summed E-state index contributed by atoms with van der Waals surface area (Å²) in [6.45, 7) is 9.15. The van der Waals surface area contributed by atoms with Crippen LogP contribution in [0.3, 0.4) is 0 Å². The number of Topliss-reactive ketones (excluding diaryl/α,β-unsaturated/α-hetero) is 1. The zero-order chi connectivity index (χ0) is 12.8. The maximum Gasteiger partial charge on any atom is 0.136 e. The standard InChI is InChI=1S/C16H30O/c1-5-7-12(3)14-9-10-16(17)15(11-14)13(4)8-6-2/h12-15H,5-11H2,1-4H3/t12-,13-,14-,15-/m0/s1. The first-order valence-corrected chi connectivity index (χ1v) is 7.62. The molecule has 0 aromatic heterocycles. The number of hydrogen-bond donors (Lipinski definition) is 0. The van der Waals surface area contributed by atoms with Gasteiger partial charge in [-0.25, -0.2) is 0 Å². The fraction of sp³-hybridized carbons (Fsp3) is 0.938. The van der Waals surface area contributed by atoms with E-state index in [2.05, 4.69) is 27.7 Å². The summed E-state index contributed by atoms with van der Waals surface area (Å²) in [4.78, 5) is 12.0. The van der Waals surface area contributed by atoms with Gasteiger partial charge in [-0.2, -0.15) is 0 Å². The van der Waals surface area contributed by atoms with Crippen molar-refractivity contribution in [3.05, 3.63) is 0 Å². The molecule has 0 bridgehead atoms. The number of ketones is 1. The first-order valence-electron chi connectivity index (χ1n) is 7.62. The lowest BCUT2D eigenvalue weighted by molar-refractivity contribution is -0.128. The second-order valence-corrected chi connectivity index (χ2v) is 6.14. The van der Waals surface area contributed by atoms with Crippen molar-refractivity contribution in [2.75, 3.05) is 0 Å². The van der Waals surface area contributed by atoms with Gasteiger partial charge in [0.2, 0.25) is 0 Å². The van der Waals surface area contributed by atoms with Gasteiger partial charge in [0.25, 0.3) is 0 Å². The van der Waals surface area contributed by atoms with E-state index in [4.69, 9.17) is 0 Å². The molecule has 0 aromatic rings. The van der Waals surface area contributed by atoms with E-state index in [1.54, 1.807) is 0 Å². The summed E-state index contributed by atoms with van der Waals surface area (Å²) in [5.74, 6) is 3.13. The van der Waals surface area contributed by atoms with E-state index in [9.17, 15) is 4.79 Å². The number of hydrogen-bond acceptors (Lipinski definition) is 1. The maximum absolute atomic E-state index is 12.0. The van der Waals surface area contributed by atoms with Gasteiger partial charge in [-0.1, -0.05) is 53.4 Å². The summed E-state index contributed by atoms with van der Waals surface area (Å²) in [5, 5.41) is 0. The van der Waals surface area contributed by atoms with Crippen molar-refractivity contribution in [1.29, 1.82) is 0 Å². The molecule has 0 heterocycles. The van der Waals surface area contributed by atoms with Crippen LogP contribution in [0.15, 0.2) is 0 Å². The number of rotatable bonds is 6. The molecule has 17 heavy (non-hydrogen) atoms. The fourth-order valence-corrected chi connectivity index (χ4v) is 3.50. The molecule has 0 radical (unpaired) electrons. The van der Waals surface area contributed by atoms with E-state index in [1.165, 1.54) is 32.1 Å².